The van der Waals surface area contributed by atoms with E-state index in [1.807, 2.05) is 0 Å². The number of nitrogens with one attached hydrogen (secondary N) is 1. The standard InChI is InChI=1S/C21H25N6O3/c28-27(29)16-8-4-7-15(9-16)20-24-21(30-25-20)19-10-17-18(23-13-22-17)12-26(19)11-14-5-2-1-3-6-14/h4,7-9,13-14,19,28H,1-3,5-6,10-12H2,(H,22,23)/q-1/t19-/m0/s1. The zero-order chi connectivity index (χ0) is 20.5. The Morgan fingerprint density at radius 1 is 1.27 bits per heavy atom. The molecule has 0 radical (unpaired) electrons. The van der Waals surface area contributed by atoms with Gasteiger partial charge >= 0.3 is 0 Å². The number of aromatic nitrogens is 4. The Balaban J connectivity index is 1.41. The summed E-state index contributed by atoms with van der Waals surface area (Å²) >= 11 is 0. The van der Waals surface area contributed by atoms with Gasteiger partial charge in [-0.3, -0.25) is 10.1 Å². The maximum atomic E-state index is 11.2. The van der Waals surface area contributed by atoms with Gasteiger partial charge in [0.2, 0.25) is 11.7 Å². The minimum absolute atomic E-state index is 0.0268. The molecule has 0 spiro atoms. The third-order valence-corrected chi connectivity index (χ3v) is 6.27. The highest BCUT2D eigenvalue weighted by Gasteiger charge is 2.34. The average Bonchev–Trinajstić information content (AvgIpc) is 3.43. The molecular formula is C21H25N6O3-. The summed E-state index contributed by atoms with van der Waals surface area (Å²) in [6.07, 6.45) is 8.97. The van der Waals surface area contributed by atoms with Crippen molar-refractivity contribution in [1.82, 2.24) is 25.0 Å². The smallest absolute Gasteiger partial charge is 0.244 e. The number of H-pyrrole nitrogens is 1. The molecule has 2 aliphatic rings. The van der Waals surface area contributed by atoms with E-state index >= 15 is 0 Å². The van der Waals surface area contributed by atoms with Crippen LogP contribution in [0.25, 0.3) is 11.4 Å². The number of fused-ring (bicyclic) bond motifs is 1. The minimum Gasteiger partial charge on any atom is -0.733 e. The number of anilines is 1. The number of imidazole rings is 1. The van der Waals surface area contributed by atoms with Crippen molar-refractivity contribution in [3.8, 4) is 11.4 Å². The second-order valence-corrected chi connectivity index (χ2v) is 8.26. The Hall–Kier alpha value is -2.75. The quantitative estimate of drug-likeness (QED) is 0.611. The van der Waals surface area contributed by atoms with E-state index < -0.39 is 0 Å². The van der Waals surface area contributed by atoms with Crippen molar-refractivity contribution in [2.75, 3.05) is 11.8 Å². The van der Waals surface area contributed by atoms with Gasteiger partial charge in [0.25, 0.3) is 0 Å². The molecule has 1 saturated carbocycles. The third kappa shape index (κ3) is 3.83. The van der Waals surface area contributed by atoms with Gasteiger partial charge in [0.1, 0.15) is 0 Å². The van der Waals surface area contributed by atoms with Crippen LogP contribution in [0.3, 0.4) is 0 Å². The van der Waals surface area contributed by atoms with Gasteiger partial charge in [-0.2, -0.15) is 4.98 Å². The molecule has 0 amide bonds. The molecule has 1 atom stereocenters. The van der Waals surface area contributed by atoms with E-state index in [0.29, 0.717) is 23.2 Å². The highest BCUT2D eigenvalue weighted by molar-refractivity contribution is 5.62. The Bertz CT molecular complexity index is 994. The van der Waals surface area contributed by atoms with Crippen molar-refractivity contribution in [1.29, 1.82) is 0 Å². The largest absolute Gasteiger partial charge is 0.733 e. The van der Waals surface area contributed by atoms with Crippen LogP contribution in [0.4, 0.5) is 5.69 Å². The molecule has 2 N–H and O–H groups in total. The van der Waals surface area contributed by atoms with Gasteiger partial charge in [0, 0.05) is 25.1 Å². The predicted molar refractivity (Wildman–Crippen MR) is 109 cm³/mol. The number of nitrogens with zero attached hydrogens (tertiary/aromatic N) is 5. The fraction of sp³-hybridized carbons (Fsp3) is 0.476. The molecule has 9 heteroatoms. The average molecular weight is 409 g/mol. The van der Waals surface area contributed by atoms with E-state index in [2.05, 4.69) is 25.0 Å². The van der Waals surface area contributed by atoms with Crippen molar-refractivity contribution >= 4 is 5.69 Å². The molecule has 0 unspecified atom stereocenters. The summed E-state index contributed by atoms with van der Waals surface area (Å²) in [7, 11) is 0. The minimum atomic E-state index is -0.170. The molecule has 5 rings (SSSR count). The van der Waals surface area contributed by atoms with Gasteiger partial charge in [0.05, 0.1) is 29.4 Å². The zero-order valence-electron chi connectivity index (χ0n) is 16.7. The first-order chi connectivity index (χ1) is 14.7. The van der Waals surface area contributed by atoms with Crippen LogP contribution in [0.15, 0.2) is 35.1 Å². The van der Waals surface area contributed by atoms with Crippen LogP contribution in [0, 0.1) is 11.1 Å². The maximum absolute atomic E-state index is 11.2. The second-order valence-electron chi connectivity index (χ2n) is 8.26. The molecule has 3 heterocycles. The highest BCUT2D eigenvalue weighted by atomic mass is 16.8. The topological polar surface area (TPSA) is 117 Å². The van der Waals surface area contributed by atoms with Crippen molar-refractivity contribution in [3.63, 3.8) is 0 Å². The molecule has 1 aliphatic carbocycles. The summed E-state index contributed by atoms with van der Waals surface area (Å²) in [5.74, 6) is 1.65. The summed E-state index contributed by atoms with van der Waals surface area (Å²) in [6.45, 7) is 1.80. The van der Waals surface area contributed by atoms with Crippen LogP contribution >= 0.6 is 0 Å². The highest BCUT2D eigenvalue weighted by Crippen LogP contribution is 2.35. The lowest BCUT2D eigenvalue weighted by Gasteiger charge is -2.36. The fourth-order valence-corrected chi connectivity index (χ4v) is 4.68. The summed E-state index contributed by atoms with van der Waals surface area (Å²) in [5, 5.41) is 24.3. The molecule has 9 nitrogen and oxygen atoms in total. The normalized spacial score (nSPS) is 20.3. The summed E-state index contributed by atoms with van der Waals surface area (Å²) in [6, 6.07) is 6.49. The van der Waals surface area contributed by atoms with Crippen LogP contribution in [0.5, 0.6) is 0 Å². The lowest BCUT2D eigenvalue weighted by atomic mass is 9.88. The molecule has 1 fully saturated rings. The molecule has 1 aliphatic heterocycles. The maximum Gasteiger partial charge on any atom is 0.244 e. The van der Waals surface area contributed by atoms with Gasteiger partial charge in [-0.15, -0.1) is 0 Å². The van der Waals surface area contributed by atoms with Crippen LogP contribution in [0.1, 0.15) is 55.4 Å². The number of aromatic amines is 1. The first-order valence-electron chi connectivity index (χ1n) is 10.5. The molecule has 0 saturated heterocycles. The number of benzene rings is 1. The summed E-state index contributed by atoms with van der Waals surface area (Å²) < 4.78 is 5.67. The van der Waals surface area contributed by atoms with Gasteiger partial charge in [-0.05, 0) is 30.9 Å². The van der Waals surface area contributed by atoms with E-state index in [0.717, 1.165) is 30.9 Å². The van der Waals surface area contributed by atoms with Crippen molar-refractivity contribution in [2.24, 2.45) is 5.92 Å². The molecule has 1 aromatic carbocycles. The van der Waals surface area contributed by atoms with E-state index in [4.69, 9.17) is 9.73 Å². The van der Waals surface area contributed by atoms with E-state index in [-0.39, 0.29) is 17.0 Å². The number of hydrogen-bond acceptors (Lipinski definition) is 8. The van der Waals surface area contributed by atoms with E-state index in [1.165, 1.54) is 44.2 Å². The monoisotopic (exact) mass is 409 g/mol. The van der Waals surface area contributed by atoms with Crippen molar-refractivity contribution in [2.45, 2.75) is 51.1 Å². The molecular weight excluding hydrogens is 384 g/mol. The van der Waals surface area contributed by atoms with Crippen LogP contribution in [-0.4, -0.2) is 36.8 Å². The zero-order valence-corrected chi connectivity index (χ0v) is 16.7. The molecule has 30 heavy (non-hydrogen) atoms. The summed E-state index contributed by atoms with van der Waals surface area (Å²) in [5.41, 5.74) is 2.95. The lowest BCUT2D eigenvalue weighted by molar-refractivity contribution is 0.104. The first kappa shape index (κ1) is 19.2. The number of hydrogen-bond donors (Lipinski definition) is 2. The molecule has 0 bridgehead atoms. The van der Waals surface area contributed by atoms with Gasteiger partial charge in [0.15, 0.2) is 0 Å². The summed E-state index contributed by atoms with van der Waals surface area (Å²) in [4.78, 5) is 14.8. The lowest BCUT2D eigenvalue weighted by Crippen LogP contribution is -2.38. The van der Waals surface area contributed by atoms with E-state index in [9.17, 15) is 5.21 Å². The van der Waals surface area contributed by atoms with E-state index in [1.54, 1.807) is 18.5 Å². The Morgan fingerprint density at radius 2 is 2.13 bits per heavy atom. The van der Waals surface area contributed by atoms with Crippen molar-refractivity contribution in [3.05, 3.63) is 53.1 Å². The Kier molecular flexibility index (Phi) is 5.24. The van der Waals surface area contributed by atoms with Crippen molar-refractivity contribution < 1.29 is 9.73 Å². The molecule has 3 aromatic rings. The second kappa shape index (κ2) is 8.17. The van der Waals surface area contributed by atoms with Crippen LogP contribution in [0.2, 0.25) is 0 Å². The third-order valence-electron chi connectivity index (χ3n) is 6.27. The van der Waals surface area contributed by atoms with Gasteiger partial charge in [-0.25, -0.2) is 4.98 Å². The number of rotatable bonds is 5. The van der Waals surface area contributed by atoms with Gasteiger partial charge in [-0.1, -0.05) is 36.6 Å². The fourth-order valence-electron chi connectivity index (χ4n) is 4.68. The van der Waals surface area contributed by atoms with Crippen LogP contribution in [-0.2, 0) is 13.0 Å². The SMILES string of the molecule is [O-]N(O)c1cccc(-c2noc([C@@H]3Cc4nc[nH]c4CN3CC3CCCCC3)n2)c1. The predicted octanol–water partition coefficient (Wildman–Crippen LogP) is 3.83. The van der Waals surface area contributed by atoms with Gasteiger partial charge < -0.3 is 19.9 Å². The molecule has 2 aromatic heterocycles. The first-order valence-corrected chi connectivity index (χ1v) is 10.5. The Morgan fingerprint density at radius 3 is 2.97 bits per heavy atom. The Labute approximate surface area is 174 Å². The van der Waals surface area contributed by atoms with Crippen LogP contribution < -0.4 is 5.23 Å². The molecule has 158 valence electrons.